The molecule has 0 amide bonds. The Morgan fingerprint density at radius 2 is 0.810 bits per heavy atom. The molecule has 0 bridgehead atoms. The van der Waals surface area contributed by atoms with Gasteiger partial charge in [-0.3, -0.25) is 28.8 Å². The number of hydrogen-bond acceptors (Lipinski definition) is 13. The number of aliphatic hydroxyl groups is 2. The number of benzene rings is 3. The first-order valence-corrected chi connectivity index (χ1v) is 20.5. The average molecular weight is 884 g/mol. The van der Waals surface area contributed by atoms with Gasteiger partial charge in [-0.2, -0.15) is 0 Å². The number of ether oxygens (including phenoxy) is 3. The van der Waals surface area contributed by atoms with Gasteiger partial charge >= 0.3 is 23.9 Å². The third-order valence-electron chi connectivity index (χ3n) is 8.11. The van der Waals surface area contributed by atoms with E-state index in [1.807, 2.05) is 91.0 Å². The van der Waals surface area contributed by atoms with Crippen molar-refractivity contribution < 1.29 is 63.1 Å². The predicted molar refractivity (Wildman–Crippen MR) is 243 cm³/mol. The quantitative estimate of drug-likeness (QED) is 0.0466. The van der Waals surface area contributed by atoms with Gasteiger partial charge in [-0.05, 0) is 63.1 Å². The number of aliphatic carboxylic acids is 1. The van der Waals surface area contributed by atoms with Crippen molar-refractivity contribution in [1.82, 2.24) is 0 Å². The Bertz CT molecular complexity index is 1660. The number of esters is 3. The summed E-state index contributed by atoms with van der Waals surface area (Å²) in [5, 5.41) is 25.7. The van der Waals surface area contributed by atoms with Crippen LogP contribution in [-0.4, -0.2) is 75.3 Å². The van der Waals surface area contributed by atoms with Crippen molar-refractivity contribution in [3.63, 3.8) is 0 Å². The molecule has 14 nitrogen and oxygen atoms in total. The summed E-state index contributed by atoms with van der Waals surface area (Å²) in [5.74, 6) is -1.70. The van der Waals surface area contributed by atoms with Crippen LogP contribution in [0.1, 0.15) is 136 Å². The zero-order valence-electron chi connectivity index (χ0n) is 35.8. The van der Waals surface area contributed by atoms with Crippen LogP contribution in [-0.2, 0) is 67.6 Å². The zero-order chi connectivity index (χ0) is 45.7. The average Bonchev–Trinajstić information content (AvgIpc) is 3.24. The minimum atomic E-state index is -0.893. The molecule has 2 unspecified atom stereocenters. The SMILES string of the molecule is C.C.CC(=O)CCC(=O)CCCC(=O)OCc1ccccc1.CC(O)CCC(=O)CCCC(=O)OCc1ccccc1.CC(O)CN.O=C(O)CCCC(=O)OCc1ccccc1. The fourth-order valence-electron chi connectivity index (χ4n) is 4.61. The molecular weight excluding hydrogens is 811 g/mol. The molecule has 0 saturated carbocycles. The second-order valence-corrected chi connectivity index (χ2v) is 14.1. The largest absolute Gasteiger partial charge is 0.481 e. The maximum Gasteiger partial charge on any atom is 0.306 e. The summed E-state index contributed by atoms with van der Waals surface area (Å²) in [6.45, 7) is 5.92. The van der Waals surface area contributed by atoms with Crippen molar-refractivity contribution in [2.24, 2.45) is 5.73 Å². The molecule has 63 heavy (non-hydrogen) atoms. The standard InChI is InChI=1S/C16H22O4.C16H20O4.C12H14O4.C3H9NO.2CH4/c2*1-13(17)10-11-15(18)8-5-9-16(19)20-12-14-6-3-2-4-7-14;13-11(14)7-4-8-12(15)16-9-10-5-2-1-3-6-10;1-3(5)2-4;;/h2-4,6-7,13,17H,5,8-12H2,1H3;2-4,6-7H,5,8-12H2,1H3;1-3,5-6H,4,7-9H2,(H,13,14);3,5H,2,4H2,1H3;2*1H4. The highest BCUT2D eigenvalue weighted by atomic mass is 16.5. The second kappa shape index (κ2) is 40.5. The molecule has 0 aliphatic rings. The molecule has 3 rings (SSSR count). The highest BCUT2D eigenvalue weighted by molar-refractivity contribution is 5.85. The van der Waals surface area contributed by atoms with Gasteiger partial charge in [0.1, 0.15) is 37.2 Å². The molecule has 0 aliphatic heterocycles. The Labute approximate surface area is 374 Å². The van der Waals surface area contributed by atoms with E-state index in [4.69, 9.17) is 35.3 Å². The van der Waals surface area contributed by atoms with Gasteiger partial charge in [-0.15, -0.1) is 0 Å². The van der Waals surface area contributed by atoms with E-state index in [9.17, 15) is 33.6 Å². The molecule has 0 aliphatic carbocycles. The third kappa shape index (κ3) is 41.6. The van der Waals surface area contributed by atoms with E-state index in [0.29, 0.717) is 51.5 Å². The van der Waals surface area contributed by atoms with Crippen LogP contribution in [0.4, 0.5) is 0 Å². The van der Waals surface area contributed by atoms with E-state index in [2.05, 4.69) is 0 Å². The van der Waals surface area contributed by atoms with Crippen LogP contribution in [0.5, 0.6) is 0 Å². The summed E-state index contributed by atoms with van der Waals surface area (Å²) in [6.07, 6.45) is 3.27. The molecule has 0 spiro atoms. The lowest BCUT2D eigenvalue weighted by Gasteiger charge is -2.05. The molecule has 2 atom stereocenters. The normalized spacial score (nSPS) is 10.6. The Kier molecular flexibility index (Phi) is 39.7. The van der Waals surface area contributed by atoms with Gasteiger partial charge in [-0.1, -0.05) is 106 Å². The maximum atomic E-state index is 11.5. The van der Waals surface area contributed by atoms with E-state index in [1.165, 1.54) is 6.92 Å². The first kappa shape index (κ1) is 61.7. The van der Waals surface area contributed by atoms with Crippen LogP contribution in [0.2, 0.25) is 0 Å². The fraction of sp³-hybridized carbons (Fsp3) is 0.490. The van der Waals surface area contributed by atoms with Gasteiger partial charge < -0.3 is 40.1 Å². The predicted octanol–water partition coefficient (Wildman–Crippen LogP) is 8.05. The summed E-state index contributed by atoms with van der Waals surface area (Å²) in [6, 6.07) is 28.3. The van der Waals surface area contributed by atoms with Crippen molar-refractivity contribution in [2.45, 2.75) is 151 Å². The molecule has 0 heterocycles. The Morgan fingerprint density at radius 1 is 0.492 bits per heavy atom. The van der Waals surface area contributed by atoms with Gasteiger partial charge in [0, 0.05) is 64.3 Å². The van der Waals surface area contributed by atoms with Gasteiger partial charge in [0.05, 0.1) is 12.2 Å². The van der Waals surface area contributed by atoms with Crippen LogP contribution in [0.3, 0.4) is 0 Å². The number of carbonyl (C=O) groups is 7. The lowest BCUT2D eigenvalue weighted by atomic mass is 10.1. The van der Waals surface area contributed by atoms with Gasteiger partial charge in [0.2, 0.25) is 0 Å². The van der Waals surface area contributed by atoms with Crippen molar-refractivity contribution in [1.29, 1.82) is 0 Å². The Hall–Kier alpha value is -5.57. The molecule has 3 aromatic carbocycles. The molecule has 0 saturated heterocycles. The van der Waals surface area contributed by atoms with Crippen LogP contribution < -0.4 is 5.73 Å². The maximum absolute atomic E-state index is 11.5. The molecular formula is C49H73NO13. The Balaban J connectivity index is -0.000000804. The summed E-state index contributed by atoms with van der Waals surface area (Å²) >= 11 is 0. The van der Waals surface area contributed by atoms with Crippen molar-refractivity contribution >= 4 is 41.2 Å². The summed E-state index contributed by atoms with van der Waals surface area (Å²) in [7, 11) is 0. The second-order valence-electron chi connectivity index (χ2n) is 14.1. The first-order valence-electron chi connectivity index (χ1n) is 20.5. The summed E-state index contributed by atoms with van der Waals surface area (Å²) < 4.78 is 15.2. The number of rotatable bonds is 25. The molecule has 0 fully saturated rings. The summed E-state index contributed by atoms with van der Waals surface area (Å²) in [4.78, 5) is 77.9. The van der Waals surface area contributed by atoms with Crippen LogP contribution in [0.15, 0.2) is 91.0 Å². The van der Waals surface area contributed by atoms with Crippen LogP contribution >= 0.6 is 0 Å². The van der Waals surface area contributed by atoms with Crippen LogP contribution in [0.25, 0.3) is 0 Å². The van der Waals surface area contributed by atoms with E-state index in [0.717, 1.165) is 16.7 Å². The molecule has 5 N–H and O–H groups in total. The number of Topliss-reactive ketones (excluding diaryl/α,β-unsaturated/α-hetero) is 3. The lowest BCUT2D eigenvalue weighted by Crippen LogP contribution is -2.14. The highest BCUT2D eigenvalue weighted by Gasteiger charge is 2.10. The smallest absolute Gasteiger partial charge is 0.306 e. The zero-order valence-corrected chi connectivity index (χ0v) is 35.8. The number of nitrogens with two attached hydrogens (primary N) is 1. The molecule has 0 radical (unpaired) electrons. The van der Waals surface area contributed by atoms with E-state index in [1.54, 1.807) is 13.8 Å². The number of carbonyl (C=O) groups excluding carboxylic acids is 6. The van der Waals surface area contributed by atoms with Crippen molar-refractivity contribution in [3.05, 3.63) is 108 Å². The first-order chi connectivity index (χ1) is 29.1. The molecule has 3 aromatic rings. The van der Waals surface area contributed by atoms with E-state index >= 15 is 0 Å². The lowest BCUT2D eigenvalue weighted by molar-refractivity contribution is -0.146. The minimum Gasteiger partial charge on any atom is -0.481 e. The van der Waals surface area contributed by atoms with Gasteiger partial charge in [0.15, 0.2) is 0 Å². The number of carboxylic acid groups (broad SMARTS) is 1. The Morgan fingerprint density at radius 3 is 1.10 bits per heavy atom. The van der Waals surface area contributed by atoms with Gasteiger partial charge in [0.25, 0.3) is 0 Å². The van der Waals surface area contributed by atoms with Gasteiger partial charge in [-0.25, -0.2) is 0 Å². The monoisotopic (exact) mass is 884 g/mol. The van der Waals surface area contributed by atoms with Crippen molar-refractivity contribution in [3.8, 4) is 0 Å². The highest BCUT2D eigenvalue weighted by Crippen LogP contribution is 2.09. The number of ketones is 3. The summed E-state index contributed by atoms with van der Waals surface area (Å²) in [5.41, 5.74) is 7.74. The minimum absolute atomic E-state index is 0. The fourth-order valence-corrected chi connectivity index (χ4v) is 4.61. The van der Waals surface area contributed by atoms with E-state index < -0.39 is 12.1 Å². The van der Waals surface area contributed by atoms with E-state index in [-0.39, 0.29) is 115 Å². The molecule has 14 heteroatoms. The number of aliphatic hydroxyl groups excluding tert-OH is 2. The molecule has 0 aromatic heterocycles. The topological polar surface area (TPSA) is 234 Å². The van der Waals surface area contributed by atoms with Crippen LogP contribution in [0, 0.1) is 0 Å². The van der Waals surface area contributed by atoms with Crippen molar-refractivity contribution in [2.75, 3.05) is 6.54 Å². The third-order valence-corrected chi connectivity index (χ3v) is 8.11. The number of carboxylic acids is 1. The molecule has 352 valence electrons. The number of hydrogen-bond donors (Lipinski definition) is 4.